The standard InChI is InChI=1S/C10H14O/c1-2-3-4-6-9-7-5-8-10(9)11/h3-5,8-9H,2,6-7H2,1H3/b4-3-/t9-/m0/s1. The summed E-state index contributed by atoms with van der Waals surface area (Å²) < 4.78 is 0. The van der Waals surface area contributed by atoms with Crippen LogP contribution in [-0.4, -0.2) is 5.78 Å². The molecule has 0 aromatic carbocycles. The lowest BCUT2D eigenvalue weighted by Crippen LogP contribution is -2.04. The summed E-state index contributed by atoms with van der Waals surface area (Å²) in [7, 11) is 0. The molecule has 1 nitrogen and oxygen atoms in total. The molecule has 1 heteroatoms. The molecule has 0 radical (unpaired) electrons. The molecule has 1 aliphatic carbocycles. The first-order valence-corrected chi connectivity index (χ1v) is 4.20. The van der Waals surface area contributed by atoms with E-state index in [4.69, 9.17) is 0 Å². The molecule has 1 atom stereocenters. The topological polar surface area (TPSA) is 17.1 Å². The lowest BCUT2D eigenvalue weighted by atomic mass is 10.0. The third-order valence-electron chi connectivity index (χ3n) is 1.93. The number of rotatable bonds is 3. The molecule has 0 spiro atoms. The van der Waals surface area contributed by atoms with Gasteiger partial charge in [0.25, 0.3) is 0 Å². The van der Waals surface area contributed by atoms with Crippen LogP contribution in [0.1, 0.15) is 26.2 Å². The van der Waals surface area contributed by atoms with Crippen LogP contribution < -0.4 is 0 Å². The van der Waals surface area contributed by atoms with E-state index in [9.17, 15) is 4.79 Å². The van der Waals surface area contributed by atoms with Gasteiger partial charge in [-0.05, 0) is 25.3 Å². The Morgan fingerprint density at radius 3 is 3.00 bits per heavy atom. The molecule has 11 heavy (non-hydrogen) atoms. The summed E-state index contributed by atoms with van der Waals surface area (Å²) in [6, 6.07) is 0. The van der Waals surface area contributed by atoms with Crippen molar-refractivity contribution < 1.29 is 4.79 Å². The maximum absolute atomic E-state index is 11.0. The summed E-state index contributed by atoms with van der Waals surface area (Å²) in [6.45, 7) is 2.10. The molecule has 0 amide bonds. The highest BCUT2D eigenvalue weighted by Gasteiger charge is 2.17. The smallest absolute Gasteiger partial charge is 0.159 e. The summed E-state index contributed by atoms with van der Waals surface area (Å²) >= 11 is 0. The number of hydrogen-bond donors (Lipinski definition) is 0. The molecule has 60 valence electrons. The maximum Gasteiger partial charge on any atom is 0.159 e. The van der Waals surface area contributed by atoms with Crippen molar-refractivity contribution in [1.82, 2.24) is 0 Å². The Labute approximate surface area is 67.8 Å². The van der Waals surface area contributed by atoms with Crippen molar-refractivity contribution in [3.05, 3.63) is 24.3 Å². The zero-order valence-electron chi connectivity index (χ0n) is 6.92. The van der Waals surface area contributed by atoms with Gasteiger partial charge in [0.05, 0.1) is 0 Å². The van der Waals surface area contributed by atoms with E-state index in [1.807, 2.05) is 6.08 Å². The summed E-state index contributed by atoms with van der Waals surface area (Å²) in [5.41, 5.74) is 0. The van der Waals surface area contributed by atoms with Crippen molar-refractivity contribution in [2.45, 2.75) is 26.2 Å². The van der Waals surface area contributed by atoms with Crippen LogP contribution in [-0.2, 0) is 4.79 Å². The Morgan fingerprint density at radius 1 is 1.64 bits per heavy atom. The van der Waals surface area contributed by atoms with Crippen molar-refractivity contribution in [2.75, 3.05) is 0 Å². The van der Waals surface area contributed by atoms with E-state index in [-0.39, 0.29) is 5.92 Å². The predicted octanol–water partition coefficient (Wildman–Crippen LogP) is 2.49. The third kappa shape index (κ3) is 2.34. The molecular formula is C10H14O. The summed E-state index contributed by atoms with van der Waals surface area (Å²) in [5.74, 6) is 0.545. The maximum atomic E-state index is 11.0. The molecule has 0 bridgehead atoms. The van der Waals surface area contributed by atoms with Crippen LogP contribution in [0.25, 0.3) is 0 Å². The molecule has 0 fully saturated rings. The largest absolute Gasteiger partial charge is 0.295 e. The molecular weight excluding hydrogens is 136 g/mol. The summed E-state index contributed by atoms with van der Waals surface area (Å²) in [4.78, 5) is 11.0. The van der Waals surface area contributed by atoms with E-state index in [2.05, 4.69) is 19.1 Å². The highest BCUT2D eigenvalue weighted by Crippen LogP contribution is 2.18. The first-order chi connectivity index (χ1) is 5.34. The van der Waals surface area contributed by atoms with E-state index in [1.165, 1.54) is 0 Å². The number of allylic oxidation sites excluding steroid dienone is 4. The van der Waals surface area contributed by atoms with E-state index < -0.39 is 0 Å². The molecule has 0 unspecified atom stereocenters. The Morgan fingerprint density at radius 2 is 2.45 bits per heavy atom. The van der Waals surface area contributed by atoms with Gasteiger partial charge in [-0.1, -0.05) is 25.2 Å². The van der Waals surface area contributed by atoms with Crippen LogP contribution in [0.15, 0.2) is 24.3 Å². The van der Waals surface area contributed by atoms with Gasteiger partial charge >= 0.3 is 0 Å². The highest BCUT2D eigenvalue weighted by atomic mass is 16.1. The second kappa shape index (κ2) is 4.12. The average Bonchev–Trinajstić information content (AvgIpc) is 2.37. The normalized spacial score (nSPS) is 23.7. The molecule has 1 rings (SSSR count). The number of carbonyl (C=O) groups excluding carboxylic acids is 1. The molecule has 1 aliphatic rings. The van der Waals surface area contributed by atoms with E-state index in [1.54, 1.807) is 6.08 Å². The minimum Gasteiger partial charge on any atom is -0.295 e. The van der Waals surface area contributed by atoms with E-state index >= 15 is 0 Å². The van der Waals surface area contributed by atoms with Crippen molar-refractivity contribution >= 4 is 5.78 Å². The minimum atomic E-state index is 0.248. The molecule has 0 aromatic rings. The molecule has 0 aromatic heterocycles. The molecule has 0 saturated heterocycles. The molecule has 0 N–H and O–H groups in total. The van der Waals surface area contributed by atoms with Gasteiger partial charge in [0.15, 0.2) is 5.78 Å². The van der Waals surface area contributed by atoms with Gasteiger partial charge in [-0.3, -0.25) is 4.79 Å². The average molecular weight is 150 g/mol. The van der Waals surface area contributed by atoms with Gasteiger partial charge < -0.3 is 0 Å². The number of hydrogen-bond acceptors (Lipinski definition) is 1. The lowest BCUT2D eigenvalue weighted by Gasteiger charge is -2.01. The molecule has 0 saturated carbocycles. The predicted molar refractivity (Wildman–Crippen MR) is 46.3 cm³/mol. The Bertz CT molecular complexity index is 189. The Kier molecular flexibility index (Phi) is 3.09. The van der Waals surface area contributed by atoms with Crippen LogP contribution in [0.5, 0.6) is 0 Å². The second-order valence-electron chi connectivity index (χ2n) is 2.85. The quantitative estimate of drug-likeness (QED) is 0.565. The van der Waals surface area contributed by atoms with Gasteiger partial charge in [-0.25, -0.2) is 0 Å². The zero-order valence-corrected chi connectivity index (χ0v) is 6.92. The fourth-order valence-corrected chi connectivity index (χ4v) is 1.24. The van der Waals surface area contributed by atoms with Crippen LogP contribution in [0.4, 0.5) is 0 Å². The van der Waals surface area contributed by atoms with Gasteiger partial charge in [0.2, 0.25) is 0 Å². The van der Waals surface area contributed by atoms with Crippen molar-refractivity contribution in [2.24, 2.45) is 5.92 Å². The fraction of sp³-hybridized carbons (Fsp3) is 0.500. The minimum absolute atomic E-state index is 0.248. The summed E-state index contributed by atoms with van der Waals surface area (Å²) in [6.07, 6.45) is 10.8. The highest BCUT2D eigenvalue weighted by molar-refractivity contribution is 5.94. The monoisotopic (exact) mass is 150 g/mol. The van der Waals surface area contributed by atoms with Gasteiger partial charge in [0, 0.05) is 5.92 Å². The first kappa shape index (κ1) is 8.25. The van der Waals surface area contributed by atoms with Crippen molar-refractivity contribution in [3.63, 3.8) is 0 Å². The van der Waals surface area contributed by atoms with Crippen molar-refractivity contribution in [1.29, 1.82) is 0 Å². The lowest BCUT2D eigenvalue weighted by molar-refractivity contribution is -0.117. The third-order valence-corrected chi connectivity index (χ3v) is 1.93. The zero-order chi connectivity index (χ0) is 8.10. The van der Waals surface area contributed by atoms with Gasteiger partial charge in [0.1, 0.15) is 0 Å². The van der Waals surface area contributed by atoms with Crippen molar-refractivity contribution in [3.8, 4) is 0 Å². The first-order valence-electron chi connectivity index (χ1n) is 4.20. The molecule has 0 heterocycles. The van der Waals surface area contributed by atoms with Crippen LogP contribution in [0.2, 0.25) is 0 Å². The van der Waals surface area contributed by atoms with Crippen LogP contribution in [0, 0.1) is 5.92 Å². The van der Waals surface area contributed by atoms with Gasteiger partial charge in [-0.15, -0.1) is 0 Å². The fourth-order valence-electron chi connectivity index (χ4n) is 1.24. The summed E-state index contributed by atoms with van der Waals surface area (Å²) in [5, 5.41) is 0. The van der Waals surface area contributed by atoms with E-state index in [0.717, 1.165) is 19.3 Å². The SMILES string of the molecule is CC/C=C\C[C@H]1CC=CC1=O. The number of carbonyl (C=O) groups is 1. The second-order valence-corrected chi connectivity index (χ2v) is 2.85. The van der Waals surface area contributed by atoms with Crippen LogP contribution >= 0.6 is 0 Å². The number of ketones is 1. The van der Waals surface area contributed by atoms with Crippen LogP contribution in [0.3, 0.4) is 0 Å². The Hall–Kier alpha value is -0.850. The molecule has 0 aliphatic heterocycles. The van der Waals surface area contributed by atoms with Gasteiger partial charge in [-0.2, -0.15) is 0 Å². The van der Waals surface area contributed by atoms with E-state index in [0.29, 0.717) is 5.78 Å². The Balaban J connectivity index is 2.28.